The average molecular weight is 376 g/mol. The number of nitrogens with zero attached hydrogens (tertiary/aromatic N) is 3. The number of benzene rings is 1. The van der Waals surface area contributed by atoms with Crippen molar-refractivity contribution >= 4 is 23.4 Å². The summed E-state index contributed by atoms with van der Waals surface area (Å²) in [5.41, 5.74) is 2.47. The van der Waals surface area contributed by atoms with Gasteiger partial charge in [0.2, 0.25) is 0 Å². The summed E-state index contributed by atoms with van der Waals surface area (Å²) < 4.78 is 7.21. The molecule has 0 bridgehead atoms. The lowest BCUT2D eigenvalue weighted by Gasteiger charge is -2.31. The highest BCUT2D eigenvalue weighted by Crippen LogP contribution is 2.19. The van der Waals surface area contributed by atoms with Gasteiger partial charge in [-0.2, -0.15) is 9.78 Å². The van der Waals surface area contributed by atoms with Crippen LogP contribution in [0, 0.1) is 6.92 Å². The molecule has 1 aliphatic heterocycles. The van der Waals surface area contributed by atoms with Gasteiger partial charge in [0.1, 0.15) is 5.69 Å². The van der Waals surface area contributed by atoms with E-state index in [1.54, 1.807) is 11.0 Å². The summed E-state index contributed by atoms with van der Waals surface area (Å²) in [5, 5.41) is 4.74. The highest BCUT2D eigenvalue weighted by molar-refractivity contribution is 6.30. The van der Waals surface area contributed by atoms with Crippen LogP contribution in [0.25, 0.3) is 0 Å². The van der Waals surface area contributed by atoms with Crippen molar-refractivity contribution in [2.45, 2.75) is 39.4 Å². The SMILES string of the molecule is CC(=O)c1ccn(C(=O)N2CCC(OCc3cc(C)cc(Cl)c3)CC2)n1. The van der Waals surface area contributed by atoms with Crippen LogP contribution in [0.3, 0.4) is 0 Å². The third-order valence-corrected chi connectivity index (χ3v) is 4.66. The van der Waals surface area contributed by atoms with Crippen molar-refractivity contribution in [1.82, 2.24) is 14.7 Å². The predicted molar refractivity (Wildman–Crippen MR) is 98.6 cm³/mol. The second-order valence-electron chi connectivity index (χ2n) is 6.62. The molecule has 7 heteroatoms. The number of carbonyl (C=O) groups excluding carboxylic acids is 2. The second-order valence-corrected chi connectivity index (χ2v) is 7.05. The Labute approximate surface area is 157 Å². The van der Waals surface area contributed by atoms with E-state index < -0.39 is 0 Å². The van der Waals surface area contributed by atoms with Crippen LogP contribution in [0.1, 0.15) is 41.4 Å². The molecule has 6 nitrogen and oxygen atoms in total. The van der Waals surface area contributed by atoms with Gasteiger partial charge >= 0.3 is 6.03 Å². The number of ether oxygens (including phenoxy) is 1. The van der Waals surface area contributed by atoms with Gasteiger partial charge in [0.05, 0.1) is 12.7 Å². The van der Waals surface area contributed by atoms with Crippen molar-refractivity contribution < 1.29 is 14.3 Å². The summed E-state index contributed by atoms with van der Waals surface area (Å²) in [5.74, 6) is -0.153. The van der Waals surface area contributed by atoms with Gasteiger partial charge in [-0.3, -0.25) is 4.79 Å². The molecule has 1 saturated heterocycles. The fourth-order valence-corrected chi connectivity index (χ4v) is 3.40. The van der Waals surface area contributed by atoms with Crippen LogP contribution in [0.2, 0.25) is 5.02 Å². The van der Waals surface area contributed by atoms with Crippen LogP contribution < -0.4 is 0 Å². The maximum atomic E-state index is 12.5. The minimum atomic E-state index is -0.207. The van der Waals surface area contributed by atoms with E-state index in [4.69, 9.17) is 16.3 Å². The molecule has 1 amide bonds. The number of aromatic nitrogens is 2. The fraction of sp³-hybridized carbons (Fsp3) is 0.421. The third kappa shape index (κ3) is 4.51. The normalized spacial score (nSPS) is 15.3. The van der Waals surface area contributed by atoms with E-state index in [1.807, 2.05) is 19.1 Å². The zero-order chi connectivity index (χ0) is 18.7. The molecule has 0 unspecified atom stereocenters. The monoisotopic (exact) mass is 375 g/mol. The van der Waals surface area contributed by atoms with Gasteiger partial charge in [-0.05, 0) is 49.1 Å². The summed E-state index contributed by atoms with van der Waals surface area (Å²) >= 11 is 6.08. The number of carbonyl (C=O) groups is 2. The van der Waals surface area contributed by atoms with E-state index in [9.17, 15) is 9.59 Å². The number of Topliss-reactive ketones (excluding diaryl/α,β-unsaturated/α-hetero) is 1. The number of ketones is 1. The molecule has 0 aliphatic carbocycles. The molecule has 1 aromatic carbocycles. The molecule has 0 saturated carbocycles. The van der Waals surface area contributed by atoms with E-state index in [0.29, 0.717) is 30.4 Å². The van der Waals surface area contributed by atoms with E-state index in [0.717, 1.165) is 24.0 Å². The molecule has 0 spiro atoms. The predicted octanol–water partition coefficient (Wildman–Crippen LogP) is 3.70. The lowest BCUT2D eigenvalue weighted by atomic mass is 10.1. The maximum Gasteiger partial charge on any atom is 0.344 e. The molecule has 26 heavy (non-hydrogen) atoms. The van der Waals surface area contributed by atoms with Crippen LogP contribution in [-0.4, -0.2) is 45.7 Å². The van der Waals surface area contributed by atoms with Crippen LogP contribution in [-0.2, 0) is 11.3 Å². The molecular weight excluding hydrogens is 354 g/mol. The number of piperidine rings is 1. The smallest absolute Gasteiger partial charge is 0.344 e. The third-order valence-electron chi connectivity index (χ3n) is 4.45. The van der Waals surface area contributed by atoms with Crippen molar-refractivity contribution in [2.75, 3.05) is 13.1 Å². The van der Waals surface area contributed by atoms with Crippen LogP contribution in [0.5, 0.6) is 0 Å². The fourth-order valence-electron chi connectivity index (χ4n) is 3.09. The van der Waals surface area contributed by atoms with Gasteiger partial charge in [0.15, 0.2) is 5.78 Å². The average Bonchev–Trinajstić information content (AvgIpc) is 3.09. The van der Waals surface area contributed by atoms with E-state index in [1.165, 1.54) is 17.8 Å². The first-order valence-corrected chi connectivity index (χ1v) is 9.04. The minimum absolute atomic E-state index is 0.115. The lowest BCUT2D eigenvalue weighted by molar-refractivity contribution is 0.00434. The van der Waals surface area contributed by atoms with Crippen LogP contribution in [0.15, 0.2) is 30.5 Å². The number of halogens is 1. The van der Waals surface area contributed by atoms with Crippen molar-refractivity contribution in [2.24, 2.45) is 0 Å². The summed E-state index contributed by atoms with van der Waals surface area (Å²) in [6.45, 7) is 5.16. The number of amides is 1. The Morgan fingerprint density at radius 1 is 1.27 bits per heavy atom. The Balaban J connectivity index is 1.50. The molecule has 3 rings (SSSR count). The summed E-state index contributed by atoms with van der Waals surface area (Å²) in [6, 6.07) is 7.25. The van der Waals surface area contributed by atoms with Gasteiger partial charge in [-0.15, -0.1) is 0 Å². The van der Waals surface area contributed by atoms with Gasteiger partial charge in [0, 0.05) is 31.2 Å². The Morgan fingerprint density at radius 2 is 2.00 bits per heavy atom. The zero-order valence-corrected chi connectivity index (χ0v) is 15.7. The molecule has 1 fully saturated rings. The lowest BCUT2D eigenvalue weighted by Crippen LogP contribution is -2.43. The van der Waals surface area contributed by atoms with Gasteiger partial charge in [-0.1, -0.05) is 17.7 Å². The molecule has 2 aromatic rings. The second kappa shape index (κ2) is 8.01. The largest absolute Gasteiger partial charge is 0.373 e. The standard InChI is InChI=1S/C19H22ClN3O3/c1-13-9-15(11-16(20)10-13)12-26-17-3-6-22(7-4-17)19(25)23-8-5-18(21-23)14(2)24/h5,8-11,17H,3-4,6-7,12H2,1-2H3. The molecule has 0 radical (unpaired) electrons. The molecule has 0 atom stereocenters. The van der Waals surface area contributed by atoms with Gasteiger partial charge in [0.25, 0.3) is 0 Å². The van der Waals surface area contributed by atoms with E-state index in [2.05, 4.69) is 11.2 Å². The number of likely N-dealkylation sites (tertiary alicyclic amines) is 1. The summed E-state index contributed by atoms with van der Waals surface area (Å²) in [7, 11) is 0. The topological polar surface area (TPSA) is 64.4 Å². The first kappa shape index (κ1) is 18.6. The Morgan fingerprint density at radius 3 is 2.62 bits per heavy atom. The minimum Gasteiger partial charge on any atom is -0.373 e. The summed E-state index contributed by atoms with van der Waals surface area (Å²) in [4.78, 5) is 25.5. The van der Waals surface area contributed by atoms with Crippen LogP contribution >= 0.6 is 11.6 Å². The molecule has 1 aliphatic rings. The number of rotatable bonds is 4. The number of hydrogen-bond donors (Lipinski definition) is 0. The first-order chi connectivity index (χ1) is 12.4. The maximum absolute atomic E-state index is 12.5. The highest BCUT2D eigenvalue weighted by Gasteiger charge is 2.25. The van der Waals surface area contributed by atoms with E-state index >= 15 is 0 Å². The van der Waals surface area contributed by atoms with Gasteiger partial charge < -0.3 is 9.64 Å². The Bertz CT molecular complexity index is 790. The number of hydrogen-bond acceptors (Lipinski definition) is 4. The highest BCUT2D eigenvalue weighted by atomic mass is 35.5. The Kier molecular flexibility index (Phi) is 5.74. The first-order valence-electron chi connectivity index (χ1n) is 8.66. The van der Waals surface area contributed by atoms with Crippen molar-refractivity contribution in [3.63, 3.8) is 0 Å². The number of aryl methyl sites for hydroxylation is 1. The quantitative estimate of drug-likeness (QED) is 0.764. The van der Waals surface area contributed by atoms with Crippen molar-refractivity contribution in [1.29, 1.82) is 0 Å². The molecule has 0 N–H and O–H groups in total. The van der Waals surface area contributed by atoms with E-state index in [-0.39, 0.29) is 17.9 Å². The molecule has 2 heterocycles. The Hall–Kier alpha value is -2.18. The van der Waals surface area contributed by atoms with Crippen LogP contribution in [0.4, 0.5) is 4.79 Å². The van der Waals surface area contributed by atoms with Crippen molar-refractivity contribution in [3.05, 3.63) is 52.3 Å². The zero-order valence-electron chi connectivity index (χ0n) is 14.9. The van der Waals surface area contributed by atoms with Gasteiger partial charge in [-0.25, -0.2) is 4.79 Å². The molecule has 138 valence electrons. The van der Waals surface area contributed by atoms with Crippen molar-refractivity contribution in [3.8, 4) is 0 Å². The molecule has 1 aromatic heterocycles. The summed E-state index contributed by atoms with van der Waals surface area (Å²) in [6.07, 6.45) is 3.19. The molecular formula is C19H22ClN3O3.